The van der Waals surface area contributed by atoms with E-state index in [2.05, 4.69) is 85.5 Å². The first-order valence-corrected chi connectivity index (χ1v) is 12.7. The second-order valence-electron chi connectivity index (χ2n) is 8.91. The molecule has 0 fully saturated rings. The maximum absolute atomic E-state index is 4.90. The molecule has 0 atom stereocenters. The van der Waals surface area contributed by atoms with Crippen molar-refractivity contribution in [3.63, 3.8) is 0 Å². The summed E-state index contributed by atoms with van der Waals surface area (Å²) in [4.78, 5) is 12.7. The van der Waals surface area contributed by atoms with Crippen molar-refractivity contribution in [2.45, 2.75) is 58.2 Å². The van der Waals surface area contributed by atoms with E-state index in [0.717, 1.165) is 28.2 Å². The topological polar surface area (TPSA) is 58.5 Å². The summed E-state index contributed by atoms with van der Waals surface area (Å²) in [5, 5.41) is 5.69. The molecule has 4 aromatic heterocycles. The molecule has 29 heavy (non-hydrogen) atoms. The maximum Gasteiger partial charge on any atom is 0.171 e. The number of hydrogen-bond acceptors (Lipinski definition) is 3. The molecule has 4 rings (SSSR count). The number of aromatic nitrogens is 4. The lowest BCUT2D eigenvalue weighted by atomic mass is 10.3. The molecule has 4 heterocycles. The van der Waals surface area contributed by atoms with Crippen molar-refractivity contribution in [2.75, 3.05) is 5.32 Å². The van der Waals surface area contributed by atoms with Crippen LogP contribution in [0.3, 0.4) is 0 Å². The van der Waals surface area contributed by atoms with E-state index in [1.165, 1.54) is 5.39 Å². The van der Waals surface area contributed by atoms with Crippen LogP contribution in [0.4, 0.5) is 11.5 Å². The highest BCUT2D eigenvalue weighted by atomic mass is 28.3. The molecule has 0 spiro atoms. The molecular formula is C23H31N5Si. The second-order valence-corrected chi connectivity index (χ2v) is 14.6. The van der Waals surface area contributed by atoms with E-state index < -0.39 is 8.24 Å². The van der Waals surface area contributed by atoms with E-state index in [9.17, 15) is 0 Å². The molecular weight excluding hydrogens is 374 g/mol. The van der Waals surface area contributed by atoms with Gasteiger partial charge in [-0.15, -0.1) is 0 Å². The lowest BCUT2D eigenvalue weighted by Gasteiger charge is -2.44. The van der Waals surface area contributed by atoms with Gasteiger partial charge in [-0.2, -0.15) is 0 Å². The second kappa shape index (κ2) is 7.33. The van der Waals surface area contributed by atoms with Crippen molar-refractivity contribution in [3.05, 3.63) is 48.9 Å². The van der Waals surface area contributed by atoms with Crippen LogP contribution in [0.2, 0.25) is 16.6 Å². The van der Waals surface area contributed by atoms with Crippen LogP contribution in [0.25, 0.3) is 22.1 Å². The van der Waals surface area contributed by atoms with E-state index in [-0.39, 0.29) is 0 Å². The SMILES string of the molecule is CC(C)[Si](C(C)C)(C(C)C)n1ccc2cc(Nc3ccc4cc[nH]c4n3)cnc21. The van der Waals surface area contributed by atoms with Gasteiger partial charge in [-0.05, 0) is 53.2 Å². The maximum atomic E-state index is 4.90. The van der Waals surface area contributed by atoms with Crippen LogP contribution >= 0.6 is 0 Å². The van der Waals surface area contributed by atoms with Crippen molar-refractivity contribution < 1.29 is 0 Å². The van der Waals surface area contributed by atoms with Gasteiger partial charge in [-0.25, -0.2) is 9.97 Å². The average Bonchev–Trinajstić information content (AvgIpc) is 3.28. The zero-order valence-electron chi connectivity index (χ0n) is 18.2. The Kier molecular flexibility index (Phi) is 4.98. The molecule has 152 valence electrons. The Hall–Kier alpha value is -2.60. The third-order valence-electron chi connectivity index (χ3n) is 6.40. The minimum atomic E-state index is -1.81. The number of H-pyrrole nitrogens is 1. The van der Waals surface area contributed by atoms with Crippen molar-refractivity contribution in [1.82, 2.24) is 19.2 Å². The highest BCUT2D eigenvalue weighted by Gasteiger charge is 2.45. The minimum Gasteiger partial charge on any atom is -0.359 e. The van der Waals surface area contributed by atoms with E-state index in [0.29, 0.717) is 16.6 Å². The van der Waals surface area contributed by atoms with Gasteiger partial charge in [0.05, 0.1) is 11.9 Å². The molecule has 0 saturated carbocycles. The molecule has 0 unspecified atom stereocenters. The molecule has 2 N–H and O–H groups in total. The zero-order chi connectivity index (χ0) is 20.8. The van der Waals surface area contributed by atoms with Crippen LogP contribution in [0, 0.1) is 0 Å². The summed E-state index contributed by atoms with van der Waals surface area (Å²) < 4.78 is 2.55. The van der Waals surface area contributed by atoms with Crippen LogP contribution in [0.5, 0.6) is 0 Å². The molecule has 0 aliphatic carbocycles. The van der Waals surface area contributed by atoms with Crippen LogP contribution in [-0.2, 0) is 0 Å². The summed E-state index contributed by atoms with van der Waals surface area (Å²) in [6, 6.07) is 10.5. The van der Waals surface area contributed by atoms with E-state index in [1.807, 2.05) is 24.5 Å². The van der Waals surface area contributed by atoms with Crippen molar-refractivity contribution in [3.8, 4) is 0 Å². The third-order valence-corrected chi connectivity index (χ3v) is 13.1. The first-order valence-electron chi connectivity index (χ1n) is 10.5. The first-order chi connectivity index (χ1) is 13.8. The van der Waals surface area contributed by atoms with Gasteiger partial charge in [0.1, 0.15) is 17.1 Å². The van der Waals surface area contributed by atoms with E-state index in [1.54, 1.807) is 0 Å². The standard InChI is InChI=1S/C23H31N5Si/c1-15(2)29(16(3)4,17(5)6)28-12-10-19-13-20(14-25-23(19)28)26-21-8-7-18-9-11-24-22(18)27-21/h7-17H,1-6H3,(H2,24,26,27). The molecule has 6 heteroatoms. The van der Waals surface area contributed by atoms with Crippen molar-refractivity contribution in [2.24, 2.45) is 0 Å². The van der Waals surface area contributed by atoms with E-state index in [4.69, 9.17) is 4.98 Å². The Morgan fingerprint density at radius 2 is 1.66 bits per heavy atom. The number of hydrogen-bond donors (Lipinski definition) is 2. The third kappa shape index (κ3) is 3.15. The summed E-state index contributed by atoms with van der Waals surface area (Å²) in [5.74, 6) is 0.816. The normalized spacial score (nSPS) is 12.7. The summed E-state index contributed by atoms with van der Waals surface area (Å²) in [7, 11) is -1.81. The molecule has 0 saturated heterocycles. The number of nitrogens with zero attached hydrogens (tertiary/aromatic N) is 3. The van der Waals surface area contributed by atoms with Crippen LogP contribution in [0.1, 0.15) is 41.5 Å². The largest absolute Gasteiger partial charge is 0.359 e. The first kappa shape index (κ1) is 19.7. The Labute approximate surface area is 173 Å². The van der Waals surface area contributed by atoms with Gasteiger partial charge < -0.3 is 14.5 Å². The zero-order valence-corrected chi connectivity index (χ0v) is 19.2. The van der Waals surface area contributed by atoms with E-state index >= 15 is 0 Å². The molecule has 0 aliphatic heterocycles. The number of pyridine rings is 2. The molecule has 0 amide bonds. The van der Waals surface area contributed by atoms with Crippen molar-refractivity contribution >= 4 is 41.8 Å². The molecule has 0 bridgehead atoms. The highest BCUT2D eigenvalue weighted by molar-refractivity contribution is 6.82. The number of fused-ring (bicyclic) bond motifs is 2. The summed E-state index contributed by atoms with van der Waals surface area (Å²) in [5.41, 5.74) is 4.85. The number of nitrogens with one attached hydrogen (secondary N) is 2. The monoisotopic (exact) mass is 405 g/mol. The molecule has 4 aromatic rings. The van der Waals surface area contributed by atoms with Gasteiger partial charge in [-0.3, -0.25) is 0 Å². The average molecular weight is 406 g/mol. The molecule has 0 aliphatic rings. The Morgan fingerprint density at radius 1 is 0.931 bits per heavy atom. The van der Waals surface area contributed by atoms with Gasteiger partial charge >= 0.3 is 0 Å². The summed E-state index contributed by atoms with van der Waals surface area (Å²) in [6.07, 6.45) is 6.11. The van der Waals surface area contributed by atoms with Gasteiger partial charge in [-0.1, -0.05) is 41.5 Å². The smallest absolute Gasteiger partial charge is 0.171 e. The van der Waals surface area contributed by atoms with Crippen LogP contribution in [-0.4, -0.2) is 27.4 Å². The summed E-state index contributed by atoms with van der Waals surface area (Å²) in [6.45, 7) is 14.3. The number of anilines is 2. The van der Waals surface area contributed by atoms with Gasteiger partial charge in [0.25, 0.3) is 0 Å². The van der Waals surface area contributed by atoms with Gasteiger partial charge in [0, 0.05) is 17.0 Å². The minimum absolute atomic E-state index is 0.634. The Morgan fingerprint density at radius 3 is 2.34 bits per heavy atom. The molecule has 0 aromatic carbocycles. The van der Waals surface area contributed by atoms with Gasteiger partial charge in [0.15, 0.2) is 8.24 Å². The Balaban J connectivity index is 1.73. The number of rotatable bonds is 6. The summed E-state index contributed by atoms with van der Waals surface area (Å²) >= 11 is 0. The molecule has 5 nitrogen and oxygen atoms in total. The van der Waals surface area contributed by atoms with Gasteiger partial charge in [0.2, 0.25) is 0 Å². The molecule has 0 radical (unpaired) electrons. The number of aromatic amines is 1. The quantitative estimate of drug-likeness (QED) is 0.352. The van der Waals surface area contributed by atoms with Crippen molar-refractivity contribution in [1.29, 1.82) is 0 Å². The lowest BCUT2D eigenvalue weighted by Crippen LogP contribution is -2.51. The fourth-order valence-corrected chi connectivity index (χ4v) is 11.9. The lowest BCUT2D eigenvalue weighted by molar-refractivity contribution is 0.770. The fraction of sp³-hybridized carbons (Fsp3) is 0.391. The highest BCUT2D eigenvalue weighted by Crippen LogP contribution is 2.44. The van der Waals surface area contributed by atoms with Crippen LogP contribution < -0.4 is 5.32 Å². The fourth-order valence-electron chi connectivity index (χ4n) is 5.39. The van der Waals surface area contributed by atoms with Crippen LogP contribution in [0.15, 0.2) is 48.9 Å². The predicted molar refractivity (Wildman–Crippen MR) is 126 cm³/mol. The Bertz CT molecular complexity index is 1120. The predicted octanol–water partition coefficient (Wildman–Crippen LogP) is 6.68.